The first-order valence-electron chi connectivity index (χ1n) is 15.4. The monoisotopic (exact) mass is 592 g/mol. The number of rotatable bonds is 26. The number of benzene rings is 1. The van der Waals surface area contributed by atoms with Crippen molar-refractivity contribution < 1.29 is 18.9 Å². The number of unbranched alkanes of at least 4 members (excludes halogenated alkanes) is 8. The molecule has 0 spiro atoms. The van der Waals surface area contributed by atoms with Crippen LogP contribution in [0.15, 0.2) is 9.79 Å². The molecule has 0 saturated carbocycles. The third-order valence-corrected chi connectivity index (χ3v) is 8.77. The smallest absolute Gasteiger partial charge is 0.153 e. The highest BCUT2D eigenvalue weighted by Crippen LogP contribution is 2.49. The van der Waals surface area contributed by atoms with Crippen molar-refractivity contribution in [3.05, 3.63) is 11.1 Å². The zero-order chi connectivity index (χ0) is 29.3. The highest BCUT2D eigenvalue weighted by Gasteiger charge is 2.27. The molecule has 0 N–H and O–H groups in total. The van der Waals surface area contributed by atoms with Crippen LogP contribution in [0.5, 0.6) is 11.5 Å². The summed E-state index contributed by atoms with van der Waals surface area (Å²) in [5, 5.41) is 20.4. The van der Waals surface area contributed by atoms with E-state index in [1.54, 1.807) is 23.5 Å². The van der Waals surface area contributed by atoms with Crippen molar-refractivity contribution in [1.82, 2.24) is 0 Å². The van der Waals surface area contributed by atoms with Gasteiger partial charge >= 0.3 is 0 Å². The van der Waals surface area contributed by atoms with E-state index >= 15 is 0 Å². The lowest BCUT2D eigenvalue weighted by molar-refractivity contribution is 0.129. The van der Waals surface area contributed by atoms with Crippen molar-refractivity contribution in [2.24, 2.45) is 0 Å². The Bertz CT molecular complexity index is 812. The van der Waals surface area contributed by atoms with E-state index in [0.717, 1.165) is 47.0 Å². The predicted molar refractivity (Wildman–Crippen MR) is 168 cm³/mol. The van der Waals surface area contributed by atoms with Gasteiger partial charge in [-0.2, -0.15) is 10.5 Å². The minimum Gasteiger partial charge on any atom is -0.491 e. The maximum atomic E-state index is 10.2. The molecule has 1 aromatic rings. The quantitative estimate of drug-likeness (QED) is 0.0777. The number of hydrogen-bond acceptors (Lipinski definition) is 8. The number of nitrogens with zero attached hydrogens (tertiary/aromatic N) is 2. The molecule has 0 aromatic heterocycles. The molecule has 0 amide bonds. The standard InChI is InChI=1S/C32H52N2O4S2/c1-5-9-11-13-15-23-39-31-29(37-21-17-19-35-7-3)27(25-33)28(26-34)30(38-22-18-20-36-8-4)32(31)40-24-16-14-12-10-6-2/h5-24H2,1-4H3. The fourth-order valence-corrected chi connectivity index (χ4v) is 6.62. The molecule has 8 heteroatoms. The van der Waals surface area contributed by atoms with Gasteiger partial charge in [0.2, 0.25) is 0 Å². The maximum absolute atomic E-state index is 10.2. The molecule has 1 rings (SSSR count). The van der Waals surface area contributed by atoms with E-state index < -0.39 is 0 Å². The molecule has 226 valence electrons. The van der Waals surface area contributed by atoms with E-state index in [-0.39, 0.29) is 11.1 Å². The normalized spacial score (nSPS) is 10.8. The second-order valence-corrected chi connectivity index (χ2v) is 11.8. The summed E-state index contributed by atoms with van der Waals surface area (Å²) in [6, 6.07) is 4.58. The van der Waals surface area contributed by atoms with Crippen LogP contribution < -0.4 is 9.47 Å². The fourth-order valence-electron chi connectivity index (χ4n) is 4.13. The second-order valence-electron chi connectivity index (χ2n) is 9.61. The molecule has 0 saturated heterocycles. The number of thioether (sulfide) groups is 2. The largest absolute Gasteiger partial charge is 0.491 e. The molecule has 0 bridgehead atoms. The summed E-state index contributed by atoms with van der Waals surface area (Å²) in [5.41, 5.74) is 0.555. The first-order valence-corrected chi connectivity index (χ1v) is 17.4. The van der Waals surface area contributed by atoms with Gasteiger partial charge < -0.3 is 18.9 Å². The van der Waals surface area contributed by atoms with E-state index in [1.807, 2.05) is 13.8 Å². The van der Waals surface area contributed by atoms with Crippen molar-refractivity contribution >= 4 is 23.5 Å². The molecule has 0 atom stereocenters. The van der Waals surface area contributed by atoms with E-state index in [2.05, 4.69) is 26.0 Å². The summed E-state index contributed by atoms with van der Waals surface area (Å²) >= 11 is 3.48. The Morgan fingerprint density at radius 3 is 1.27 bits per heavy atom. The summed E-state index contributed by atoms with van der Waals surface area (Å²) in [7, 11) is 0. The lowest BCUT2D eigenvalue weighted by Gasteiger charge is -2.22. The van der Waals surface area contributed by atoms with Crippen molar-refractivity contribution in [2.75, 3.05) is 51.1 Å². The van der Waals surface area contributed by atoms with Gasteiger partial charge in [0.25, 0.3) is 0 Å². The molecule has 0 fully saturated rings. The molecule has 0 aliphatic heterocycles. The second kappa shape index (κ2) is 25.2. The van der Waals surface area contributed by atoms with Crippen LogP contribution in [0, 0.1) is 22.7 Å². The minimum atomic E-state index is 0.277. The van der Waals surface area contributed by atoms with Crippen LogP contribution in [0.1, 0.15) is 116 Å². The van der Waals surface area contributed by atoms with Crippen LogP contribution in [0.25, 0.3) is 0 Å². The maximum Gasteiger partial charge on any atom is 0.153 e. The van der Waals surface area contributed by atoms with Gasteiger partial charge in [0, 0.05) is 39.3 Å². The average Bonchev–Trinajstić information content (AvgIpc) is 2.97. The summed E-state index contributed by atoms with van der Waals surface area (Å²) in [4.78, 5) is 1.89. The van der Waals surface area contributed by atoms with Crippen LogP contribution in [0.2, 0.25) is 0 Å². The summed E-state index contributed by atoms with van der Waals surface area (Å²) < 4.78 is 23.6. The van der Waals surface area contributed by atoms with Gasteiger partial charge in [-0.3, -0.25) is 0 Å². The molecule has 0 aliphatic carbocycles. The van der Waals surface area contributed by atoms with Gasteiger partial charge in [-0.05, 0) is 38.2 Å². The molecule has 40 heavy (non-hydrogen) atoms. The highest BCUT2D eigenvalue weighted by molar-refractivity contribution is 8.02. The number of hydrogen-bond donors (Lipinski definition) is 0. The van der Waals surface area contributed by atoms with E-state index in [4.69, 9.17) is 18.9 Å². The zero-order valence-corrected chi connectivity index (χ0v) is 27.1. The van der Waals surface area contributed by atoms with E-state index in [9.17, 15) is 10.5 Å². The van der Waals surface area contributed by atoms with Gasteiger partial charge in [0.05, 0.1) is 23.0 Å². The number of ether oxygens (including phenoxy) is 4. The first-order chi connectivity index (χ1) is 19.7. The molecular weight excluding hydrogens is 540 g/mol. The third-order valence-electron chi connectivity index (χ3n) is 6.30. The Morgan fingerprint density at radius 1 is 0.525 bits per heavy atom. The van der Waals surface area contributed by atoms with Crippen LogP contribution in [0.4, 0.5) is 0 Å². The Morgan fingerprint density at radius 2 is 0.925 bits per heavy atom. The van der Waals surface area contributed by atoms with Gasteiger partial charge in [-0.25, -0.2) is 0 Å². The average molecular weight is 593 g/mol. The molecule has 1 aromatic carbocycles. The Kier molecular flexibility index (Phi) is 22.9. The van der Waals surface area contributed by atoms with Crippen molar-refractivity contribution in [1.29, 1.82) is 10.5 Å². The van der Waals surface area contributed by atoms with Gasteiger partial charge in [-0.15, -0.1) is 23.5 Å². The van der Waals surface area contributed by atoms with Crippen molar-refractivity contribution in [3.63, 3.8) is 0 Å². The van der Waals surface area contributed by atoms with E-state index in [1.165, 1.54) is 51.4 Å². The summed E-state index contributed by atoms with van der Waals surface area (Å²) in [6.45, 7) is 11.8. The molecule has 0 unspecified atom stereocenters. The molecular formula is C32H52N2O4S2. The van der Waals surface area contributed by atoms with Crippen molar-refractivity contribution in [2.45, 2.75) is 115 Å². The van der Waals surface area contributed by atoms with Crippen LogP contribution in [-0.4, -0.2) is 51.1 Å². The van der Waals surface area contributed by atoms with Gasteiger partial charge in [0.15, 0.2) is 11.5 Å². The van der Waals surface area contributed by atoms with E-state index in [0.29, 0.717) is 51.1 Å². The highest BCUT2D eigenvalue weighted by atomic mass is 32.2. The predicted octanol–water partition coefficient (Wildman–Crippen LogP) is 9.17. The summed E-state index contributed by atoms with van der Waals surface area (Å²) in [6.07, 6.45) is 13.4. The van der Waals surface area contributed by atoms with Crippen LogP contribution in [0.3, 0.4) is 0 Å². The summed E-state index contributed by atoms with van der Waals surface area (Å²) in [5.74, 6) is 2.93. The first kappa shape index (κ1) is 36.4. The lowest BCUT2D eigenvalue weighted by atomic mass is 10.1. The van der Waals surface area contributed by atoms with Crippen LogP contribution in [-0.2, 0) is 9.47 Å². The van der Waals surface area contributed by atoms with Crippen LogP contribution >= 0.6 is 23.5 Å². The fraction of sp³-hybridized carbons (Fsp3) is 0.750. The number of nitriles is 2. The molecule has 0 radical (unpaired) electrons. The molecule has 6 nitrogen and oxygen atoms in total. The topological polar surface area (TPSA) is 84.5 Å². The Hall–Kier alpha value is -1.58. The zero-order valence-electron chi connectivity index (χ0n) is 25.5. The minimum absolute atomic E-state index is 0.277. The Balaban J connectivity index is 3.38. The molecule has 0 heterocycles. The lowest BCUT2D eigenvalue weighted by Crippen LogP contribution is -2.10. The van der Waals surface area contributed by atoms with Gasteiger partial charge in [0.1, 0.15) is 23.3 Å². The SMILES string of the molecule is CCCCCCCSc1c(OCCCOCC)c(C#N)c(C#N)c(OCCCOCC)c1SCCCCCCC. The van der Waals surface area contributed by atoms with Gasteiger partial charge in [-0.1, -0.05) is 65.2 Å². The third kappa shape index (κ3) is 14.4. The Labute approximate surface area is 252 Å². The van der Waals surface area contributed by atoms with Crippen molar-refractivity contribution in [3.8, 4) is 23.6 Å². The molecule has 0 aliphatic rings.